The first-order chi connectivity index (χ1) is 15.5. The van der Waals surface area contributed by atoms with E-state index in [0.717, 1.165) is 11.3 Å². The highest BCUT2D eigenvalue weighted by Crippen LogP contribution is 2.20. The molecule has 1 heterocycles. The van der Waals surface area contributed by atoms with Crippen molar-refractivity contribution in [3.8, 4) is 17.1 Å². The highest BCUT2D eigenvalue weighted by Gasteiger charge is 2.14. The Morgan fingerprint density at radius 3 is 2.50 bits per heavy atom. The summed E-state index contributed by atoms with van der Waals surface area (Å²) in [4.78, 5) is 31.0. The van der Waals surface area contributed by atoms with Crippen molar-refractivity contribution in [2.45, 2.75) is 33.6 Å². The summed E-state index contributed by atoms with van der Waals surface area (Å²) in [7, 11) is 0. The first-order valence-corrected chi connectivity index (χ1v) is 10.8. The molecule has 0 aliphatic heterocycles. The predicted molar refractivity (Wildman–Crippen MR) is 122 cm³/mol. The van der Waals surface area contributed by atoms with Gasteiger partial charge in [0.15, 0.2) is 0 Å². The Kier molecular flexibility index (Phi) is 7.96. The lowest BCUT2D eigenvalue weighted by molar-refractivity contribution is -0.116. The zero-order chi connectivity index (χ0) is 22.9. The summed E-state index contributed by atoms with van der Waals surface area (Å²) in [5.74, 6) is 1.37. The lowest BCUT2D eigenvalue weighted by Crippen LogP contribution is -2.30. The molecule has 2 amide bonds. The number of benzene rings is 2. The molecule has 32 heavy (non-hydrogen) atoms. The van der Waals surface area contributed by atoms with Crippen molar-refractivity contribution in [2.75, 3.05) is 25.0 Å². The van der Waals surface area contributed by atoms with Gasteiger partial charge in [-0.15, -0.1) is 0 Å². The Morgan fingerprint density at radius 2 is 1.81 bits per heavy atom. The molecule has 0 spiro atoms. The zero-order valence-corrected chi connectivity index (χ0v) is 18.6. The molecule has 0 radical (unpaired) electrons. The number of hydrogen-bond acceptors (Lipinski definition) is 6. The average Bonchev–Trinajstić information content (AvgIpc) is 3.28. The smallest absolute Gasteiger partial charge is 0.253 e. The minimum Gasteiger partial charge on any atom is -0.494 e. The number of anilines is 1. The van der Waals surface area contributed by atoms with Gasteiger partial charge in [0.2, 0.25) is 17.6 Å². The van der Waals surface area contributed by atoms with Crippen LogP contribution in [0.15, 0.2) is 53.1 Å². The summed E-state index contributed by atoms with van der Waals surface area (Å²) in [6, 6.07) is 14.4. The Bertz CT molecular complexity index is 1040. The molecule has 168 valence electrons. The van der Waals surface area contributed by atoms with Crippen LogP contribution >= 0.6 is 0 Å². The fraction of sp³-hybridized carbons (Fsp3) is 0.333. The maximum Gasteiger partial charge on any atom is 0.253 e. The quantitative estimate of drug-likeness (QED) is 0.512. The molecule has 1 aromatic heterocycles. The molecule has 3 rings (SSSR count). The SMILES string of the molecule is CCOc1ccc(-c2noc(CCC(=O)Nc3cccc(C(=O)N(CC)CC)c3)n2)cc1. The van der Waals surface area contributed by atoms with E-state index in [1.165, 1.54) is 0 Å². The molecular formula is C24H28N4O4. The number of aromatic nitrogens is 2. The highest BCUT2D eigenvalue weighted by atomic mass is 16.5. The second kappa shape index (κ2) is 11.1. The average molecular weight is 437 g/mol. The topological polar surface area (TPSA) is 97.6 Å². The van der Waals surface area contributed by atoms with E-state index in [4.69, 9.17) is 9.26 Å². The monoisotopic (exact) mass is 436 g/mol. The fourth-order valence-corrected chi connectivity index (χ4v) is 3.21. The van der Waals surface area contributed by atoms with Crippen LogP contribution in [0.1, 0.15) is 43.4 Å². The van der Waals surface area contributed by atoms with E-state index >= 15 is 0 Å². The van der Waals surface area contributed by atoms with Crippen LogP contribution in [-0.4, -0.2) is 46.6 Å². The summed E-state index contributed by atoms with van der Waals surface area (Å²) < 4.78 is 10.7. The first-order valence-electron chi connectivity index (χ1n) is 10.8. The van der Waals surface area contributed by atoms with Crippen LogP contribution in [0, 0.1) is 0 Å². The van der Waals surface area contributed by atoms with Crippen LogP contribution in [0.4, 0.5) is 5.69 Å². The largest absolute Gasteiger partial charge is 0.494 e. The number of carbonyl (C=O) groups is 2. The molecular weight excluding hydrogens is 408 g/mol. The van der Waals surface area contributed by atoms with Gasteiger partial charge >= 0.3 is 0 Å². The molecule has 0 aliphatic carbocycles. The standard InChI is InChI=1S/C24H28N4O4/c1-4-28(5-2)24(30)18-8-7-9-19(16-18)25-21(29)14-15-22-26-23(27-32-22)17-10-12-20(13-11-17)31-6-3/h7-13,16H,4-6,14-15H2,1-3H3,(H,25,29). The number of amides is 2. The minimum atomic E-state index is -0.196. The summed E-state index contributed by atoms with van der Waals surface area (Å²) in [5, 5.41) is 6.81. The van der Waals surface area contributed by atoms with Gasteiger partial charge in [0.05, 0.1) is 6.61 Å². The molecule has 0 fully saturated rings. The molecule has 0 unspecified atom stereocenters. The minimum absolute atomic E-state index is 0.0567. The van der Waals surface area contributed by atoms with E-state index < -0.39 is 0 Å². The molecule has 0 saturated carbocycles. The molecule has 0 aliphatic rings. The summed E-state index contributed by atoms with van der Waals surface area (Å²) >= 11 is 0. The van der Waals surface area contributed by atoms with Gasteiger partial charge in [-0.2, -0.15) is 4.98 Å². The molecule has 8 nitrogen and oxygen atoms in total. The van der Waals surface area contributed by atoms with E-state index in [2.05, 4.69) is 15.5 Å². The van der Waals surface area contributed by atoms with Crippen molar-refractivity contribution in [1.29, 1.82) is 0 Å². The van der Waals surface area contributed by atoms with Gasteiger partial charge in [-0.05, 0) is 63.2 Å². The summed E-state index contributed by atoms with van der Waals surface area (Å²) in [6.07, 6.45) is 0.493. The molecule has 0 saturated heterocycles. The number of aryl methyl sites for hydroxylation is 1. The van der Waals surface area contributed by atoms with Gasteiger partial charge in [-0.3, -0.25) is 9.59 Å². The molecule has 3 aromatic rings. The zero-order valence-electron chi connectivity index (χ0n) is 18.6. The third-order valence-electron chi connectivity index (χ3n) is 4.90. The maximum atomic E-state index is 12.5. The van der Waals surface area contributed by atoms with Crippen LogP contribution in [0.25, 0.3) is 11.4 Å². The van der Waals surface area contributed by atoms with Crippen molar-refractivity contribution < 1.29 is 18.8 Å². The lowest BCUT2D eigenvalue weighted by atomic mass is 10.1. The van der Waals surface area contributed by atoms with Gasteiger partial charge < -0.3 is 19.5 Å². The van der Waals surface area contributed by atoms with Crippen molar-refractivity contribution in [1.82, 2.24) is 15.0 Å². The third-order valence-corrected chi connectivity index (χ3v) is 4.90. The van der Waals surface area contributed by atoms with Gasteiger partial charge in [0.25, 0.3) is 5.91 Å². The van der Waals surface area contributed by atoms with Crippen molar-refractivity contribution >= 4 is 17.5 Å². The molecule has 0 bridgehead atoms. The van der Waals surface area contributed by atoms with Gasteiger partial charge in [-0.25, -0.2) is 0 Å². The van der Waals surface area contributed by atoms with Crippen molar-refractivity contribution in [3.05, 3.63) is 60.0 Å². The van der Waals surface area contributed by atoms with Crippen LogP contribution in [0.3, 0.4) is 0 Å². The molecule has 1 N–H and O–H groups in total. The van der Waals surface area contributed by atoms with Crippen molar-refractivity contribution in [3.63, 3.8) is 0 Å². The van der Waals surface area contributed by atoms with Crippen LogP contribution in [0.2, 0.25) is 0 Å². The van der Waals surface area contributed by atoms with E-state index in [0.29, 0.717) is 49.1 Å². The Balaban J connectivity index is 1.55. The normalized spacial score (nSPS) is 10.6. The highest BCUT2D eigenvalue weighted by molar-refractivity contribution is 5.97. The lowest BCUT2D eigenvalue weighted by Gasteiger charge is -2.19. The second-order valence-corrected chi connectivity index (χ2v) is 7.08. The Morgan fingerprint density at radius 1 is 1.06 bits per heavy atom. The molecule has 0 atom stereocenters. The maximum absolute atomic E-state index is 12.5. The number of rotatable bonds is 10. The van der Waals surface area contributed by atoms with E-state index in [9.17, 15) is 9.59 Å². The molecule has 2 aromatic carbocycles. The van der Waals surface area contributed by atoms with Crippen molar-refractivity contribution in [2.24, 2.45) is 0 Å². The number of ether oxygens (including phenoxy) is 1. The Labute approximate surface area is 187 Å². The number of nitrogens with one attached hydrogen (secondary N) is 1. The summed E-state index contributed by atoms with van der Waals surface area (Å²) in [6.45, 7) is 7.67. The van der Waals surface area contributed by atoms with E-state index in [1.54, 1.807) is 29.2 Å². The number of carbonyl (C=O) groups excluding carboxylic acids is 2. The van der Waals surface area contributed by atoms with E-state index in [-0.39, 0.29) is 18.2 Å². The van der Waals surface area contributed by atoms with Crippen LogP contribution in [0.5, 0.6) is 5.75 Å². The second-order valence-electron chi connectivity index (χ2n) is 7.08. The summed E-state index contributed by atoms with van der Waals surface area (Å²) in [5.41, 5.74) is 1.93. The van der Waals surface area contributed by atoms with Gasteiger partial charge in [0.1, 0.15) is 5.75 Å². The number of hydrogen-bond donors (Lipinski definition) is 1. The number of nitrogens with zero attached hydrogens (tertiary/aromatic N) is 3. The predicted octanol–water partition coefficient (Wildman–Crippen LogP) is 4.19. The van der Waals surface area contributed by atoms with Gasteiger partial charge in [-0.1, -0.05) is 11.2 Å². The van der Waals surface area contributed by atoms with Gasteiger partial charge in [0, 0.05) is 42.7 Å². The molecule has 8 heteroatoms. The Hall–Kier alpha value is -3.68. The third kappa shape index (κ3) is 5.94. The van der Waals surface area contributed by atoms with Crippen LogP contribution in [-0.2, 0) is 11.2 Å². The first kappa shape index (κ1) is 23.0. The fourth-order valence-electron chi connectivity index (χ4n) is 3.21. The van der Waals surface area contributed by atoms with Crippen LogP contribution < -0.4 is 10.1 Å². The van der Waals surface area contributed by atoms with E-state index in [1.807, 2.05) is 45.0 Å².